The molecule has 2 aliphatic rings. The number of piperidine rings is 1. The summed E-state index contributed by atoms with van der Waals surface area (Å²) in [5, 5.41) is 3.39. The van der Waals surface area contributed by atoms with Crippen LogP contribution in [-0.4, -0.2) is 61.0 Å². The van der Waals surface area contributed by atoms with E-state index in [1.807, 2.05) is 0 Å². The van der Waals surface area contributed by atoms with Gasteiger partial charge in [-0.05, 0) is 52.7 Å². The molecule has 2 fully saturated rings. The summed E-state index contributed by atoms with van der Waals surface area (Å²) in [5.74, 6) is 0.334. The number of rotatable bonds is 5. The lowest BCUT2D eigenvalue weighted by molar-refractivity contribution is -0.135. The summed E-state index contributed by atoms with van der Waals surface area (Å²) in [5.41, 5.74) is 0. The number of nitrogens with zero attached hydrogens (tertiary/aromatic N) is 2. The van der Waals surface area contributed by atoms with Crippen molar-refractivity contribution in [2.45, 2.75) is 64.0 Å². The zero-order valence-electron chi connectivity index (χ0n) is 13.2. The van der Waals surface area contributed by atoms with E-state index in [0.717, 1.165) is 19.6 Å². The average molecular weight is 281 g/mol. The number of hydrogen-bond donors (Lipinski definition) is 1. The van der Waals surface area contributed by atoms with E-state index in [0.29, 0.717) is 24.5 Å². The Morgan fingerprint density at radius 2 is 1.70 bits per heavy atom. The van der Waals surface area contributed by atoms with Crippen LogP contribution in [0, 0.1) is 0 Å². The molecule has 20 heavy (non-hydrogen) atoms. The third-order valence-electron chi connectivity index (χ3n) is 4.99. The van der Waals surface area contributed by atoms with Crippen LogP contribution in [0.15, 0.2) is 0 Å². The maximum absolute atomic E-state index is 12.6. The number of hydrogen-bond acceptors (Lipinski definition) is 3. The molecule has 116 valence electrons. The first-order valence-electron chi connectivity index (χ1n) is 8.42. The standard InChI is InChI=1S/C16H31N3O/c1-3-19(15-7-5-4-6-8-15)16(20)13-18(2)14-9-11-17-12-10-14/h14-15,17H,3-13H2,1-2H3. The average Bonchev–Trinajstić information content (AvgIpc) is 2.50. The molecule has 0 unspecified atom stereocenters. The fraction of sp³-hybridized carbons (Fsp3) is 0.938. The predicted molar refractivity (Wildman–Crippen MR) is 82.8 cm³/mol. The van der Waals surface area contributed by atoms with Gasteiger partial charge in [0.05, 0.1) is 6.54 Å². The monoisotopic (exact) mass is 281 g/mol. The minimum atomic E-state index is 0.334. The van der Waals surface area contributed by atoms with Crippen LogP contribution in [0.25, 0.3) is 0 Å². The highest BCUT2D eigenvalue weighted by Gasteiger charge is 2.26. The van der Waals surface area contributed by atoms with E-state index in [-0.39, 0.29) is 0 Å². The second-order valence-electron chi connectivity index (χ2n) is 6.37. The van der Waals surface area contributed by atoms with Gasteiger partial charge in [0.2, 0.25) is 5.91 Å². The second-order valence-corrected chi connectivity index (χ2v) is 6.37. The number of carbonyl (C=O) groups is 1. The lowest BCUT2D eigenvalue weighted by atomic mass is 9.94. The maximum atomic E-state index is 12.6. The molecule has 1 heterocycles. The van der Waals surface area contributed by atoms with Gasteiger partial charge in [0.1, 0.15) is 0 Å². The van der Waals surface area contributed by atoms with Gasteiger partial charge in [0, 0.05) is 18.6 Å². The molecule has 0 aromatic rings. The smallest absolute Gasteiger partial charge is 0.236 e. The Bertz CT molecular complexity index is 296. The molecule has 1 aliphatic heterocycles. The molecule has 4 nitrogen and oxygen atoms in total. The molecule has 0 spiro atoms. The molecule has 1 amide bonds. The van der Waals surface area contributed by atoms with Crippen molar-refractivity contribution in [1.29, 1.82) is 0 Å². The molecule has 1 N–H and O–H groups in total. The number of amides is 1. The van der Waals surface area contributed by atoms with Gasteiger partial charge in [-0.3, -0.25) is 9.69 Å². The zero-order valence-corrected chi connectivity index (χ0v) is 13.2. The van der Waals surface area contributed by atoms with Crippen LogP contribution in [0.3, 0.4) is 0 Å². The first kappa shape index (κ1) is 15.8. The van der Waals surface area contributed by atoms with Crippen molar-refractivity contribution < 1.29 is 4.79 Å². The minimum Gasteiger partial charge on any atom is -0.339 e. The molecular formula is C16H31N3O. The quantitative estimate of drug-likeness (QED) is 0.835. The van der Waals surface area contributed by atoms with E-state index in [1.54, 1.807) is 0 Å². The van der Waals surface area contributed by atoms with Gasteiger partial charge >= 0.3 is 0 Å². The van der Waals surface area contributed by atoms with Crippen molar-refractivity contribution in [3.63, 3.8) is 0 Å². The van der Waals surface area contributed by atoms with Crippen LogP contribution in [0.4, 0.5) is 0 Å². The highest BCUT2D eigenvalue weighted by Crippen LogP contribution is 2.23. The summed E-state index contributed by atoms with van der Waals surface area (Å²) in [4.78, 5) is 17.0. The van der Waals surface area contributed by atoms with Crippen molar-refractivity contribution in [3.8, 4) is 0 Å². The van der Waals surface area contributed by atoms with Gasteiger partial charge in [0.25, 0.3) is 0 Å². The van der Waals surface area contributed by atoms with E-state index >= 15 is 0 Å². The van der Waals surface area contributed by atoms with Crippen molar-refractivity contribution in [2.24, 2.45) is 0 Å². The fourth-order valence-electron chi connectivity index (χ4n) is 3.71. The van der Waals surface area contributed by atoms with Crippen molar-refractivity contribution in [1.82, 2.24) is 15.1 Å². The Kier molecular flexibility index (Phi) is 6.30. The summed E-state index contributed by atoms with van der Waals surface area (Å²) in [6.07, 6.45) is 8.67. The Labute approximate surface area is 123 Å². The highest BCUT2D eigenvalue weighted by atomic mass is 16.2. The molecule has 0 aromatic heterocycles. The topological polar surface area (TPSA) is 35.6 Å². The van der Waals surface area contributed by atoms with Crippen molar-refractivity contribution >= 4 is 5.91 Å². The third kappa shape index (κ3) is 4.19. The van der Waals surface area contributed by atoms with Crippen LogP contribution >= 0.6 is 0 Å². The highest BCUT2D eigenvalue weighted by molar-refractivity contribution is 5.78. The van der Waals surface area contributed by atoms with E-state index in [4.69, 9.17) is 0 Å². The minimum absolute atomic E-state index is 0.334. The molecule has 0 bridgehead atoms. The largest absolute Gasteiger partial charge is 0.339 e. The van der Waals surface area contributed by atoms with E-state index in [1.165, 1.54) is 44.9 Å². The summed E-state index contributed by atoms with van der Waals surface area (Å²) >= 11 is 0. The first-order chi connectivity index (χ1) is 9.72. The Hall–Kier alpha value is -0.610. The number of likely N-dealkylation sites (N-methyl/N-ethyl adjacent to an activating group) is 2. The van der Waals surface area contributed by atoms with Gasteiger partial charge < -0.3 is 10.2 Å². The molecule has 1 saturated carbocycles. The SMILES string of the molecule is CCN(C(=O)CN(C)C1CCNCC1)C1CCCCC1. The Balaban J connectivity index is 1.84. The molecule has 2 rings (SSSR count). The molecule has 0 aromatic carbocycles. The van der Waals surface area contributed by atoms with E-state index < -0.39 is 0 Å². The molecule has 4 heteroatoms. The normalized spacial score (nSPS) is 22.1. The van der Waals surface area contributed by atoms with Crippen LogP contribution < -0.4 is 5.32 Å². The van der Waals surface area contributed by atoms with Crippen molar-refractivity contribution in [2.75, 3.05) is 33.2 Å². The Morgan fingerprint density at radius 1 is 1.05 bits per heavy atom. The molecule has 1 aliphatic carbocycles. The van der Waals surface area contributed by atoms with Crippen LogP contribution in [0.2, 0.25) is 0 Å². The molecule has 0 atom stereocenters. The Morgan fingerprint density at radius 3 is 2.30 bits per heavy atom. The number of carbonyl (C=O) groups excluding carboxylic acids is 1. The van der Waals surface area contributed by atoms with Gasteiger partial charge in [-0.1, -0.05) is 19.3 Å². The van der Waals surface area contributed by atoms with Crippen LogP contribution in [-0.2, 0) is 4.79 Å². The van der Waals surface area contributed by atoms with Gasteiger partial charge in [-0.2, -0.15) is 0 Å². The second kappa shape index (κ2) is 7.99. The summed E-state index contributed by atoms with van der Waals surface area (Å²) in [7, 11) is 2.11. The van der Waals surface area contributed by atoms with Crippen molar-refractivity contribution in [3.05, 3.63) is 0 Å². The number of nitrogens with one attached hydrogen (secondary N) is 1. The van der Waals surface area contributed by atoms with Gasteiger partial charge in [-0.25, -0.2) is 0 Å². The van der Waals surface area contributed by atoms with E-state index in [2.05, 4.69) is 29.1 Å². The third-order valence-corrected chi connectivity index (χ3v) is 4.99. The summed E-state index contributed by atoms with van der Waals surface area (Å²) in [6, 6.07) is 1.08. The zero-order chi connectivity index (χ0) is 14.4. The van der Waals surface area contributed by atoms with Crippen LogP contribution in [0.1, 0.15) is 51.9 Å². The fourth-order valence-corrected chi connectivity index (χ4v) is 3.71. The predicted octanol–water partition coefficient (Wildman–Crippen LogP) is 1.85. The maximum Gasteiger partial charge on any atom is 0.236 e. The van der Waals surface area contributed by atoms with Gasteiger partial charge in [-0.15, -0.1) is 0 Å². The van der Waals surface area contributed by atoms with Gasteiger partial charge in [0.15, 0.2) is 0 Å². The summed E-state index contributed by atoms with van der Waals surface area (Å²) < 4.78 is 0. The lowest BCUT2D eigenvalue weighted by Gasteiger charge is -2.36. The molecular weight excluding hydrogens is 250 g/mol. The molecule has 1 saturated heterocycles. The van der Waals surface area contributed by atoms with Crippen LogP contribution in [0.5, 0.6) is 0 Å². The lowest BCUT2D eigenvalue weighted by Crippen LogP contribution is -2.49. The molecule has 0 radical (unpaired) electrons. The summed E-state index contributed by atoms with van der Waals surface area (Å²) in [6.45, 7) is 5.75. The van der Waals surface area contributed by atoms with E-state index in [9.17, 15) is 4.79 Å². The first-order valence-corrected chi connectivity index (χ1v) is 8.42.